The van der Waals surface area contributed by atoms with Crippen molar-refractivity contribution in [3.05, 3.63) is 54.7 Å². The minimum atomic E-state index is -0.542. The van der Waals surface area contributed by atoms with Crippen LogP contribution in [0.25, 0.3) is 0 Å². The zero-order valence-electron chi connectivity index (χ0n) is 12.8. The first kappa shape index (κ1) is 17.2. The van der Waals surface area contributed by atoms with Gasteiger partial charge in [-0.15, -0.1) is 11.3 Å². The first-order valence-electron chi connectivity index (χ1n) is 6.86. The standard InChI is InChI=1S/C15H16ClN3O3S/c1-8-6-12(10(3)23-8)9(2)17-15(20)18-14-5-4-11(19(21)22)7-13(14)16/h4-7,9H,1-3H3,(H2,17,18,20). The largest absolute Gasteiger partial charge is 0.331 e. The maximum absolute atomic E-state index is 12.1. The van der Waals surface area contributed by atoms with Crippen molar-refractivity contribution in [1.82, 2.24) is 5.32 Å². The van der Waals surface area contributed by atoms with E-state index in [9.17, 15) is 14.9 Å². The Balaban J connectivity index is 2.05. The van der Waals surface area contributed by atoms with Gasteiger partial charge in [0, 0.05) is 21.9 Å². The summed E-state index contributed by atoms with van der Waals surface area (Å²) in [5.74, 6) is 0. The summed E-state index contributed by atoms with van der Waals surface area (Å²) in [4.78, 5) is 24.5. The number of non-ortho nitro benzene ring substituents is 1. The molecule has 1 aromatic heterocycles. The molecule has 1 aromatic carbocycles. The first-order chi connectivity index (χ1) is 10.8. The van der Waals surface area contributed by atoms with Gasteiger partial charge >= 0.3 is 6.03 Å². The molecule has 23 heavy (non-hydrogen) atoms. The molecule has 2 rings (SSSR count). The second-order valence-electron chi connectivity index (χ2n) is 5.11. The van der Waals surface area contributed by atoms with Crippen LogP contribution in [0.5, 0.6) is 0 Å². The van der Waals surface area contributed by atoms with Crippen molar-refractivity contribution >= 4 is 40.3 Å². The number of hydrogen-bond donors (Lipinski definition) is 2. The molecule has 1 heterocycles. The van der Waals surface area contributed by atoms with E-state index in [4.69, 9.17) is 11.6 Å². The second kappa shape index (κ2) is 6.97. The zero-order valence-corrected chi connectivity index (χ0v) is 14.4. The Morgan fingerprint density at radius 3 is 2.57 bits per heavy atom. The number of nitrogens with one attached hydrogen (secondary N) is 2. The van der Waals surface area contributed by atoms with Gasteiger partial charge in [0.2, 0.25) is 0 Å². The van der Waals surface area contributed by atoms with Crippen molar-refractivity contribution in [3.8, 4) is 0 Å². The molecule has 1 unspecified atom stereocenters. The number of urea groups is 1. The van der Waals surface area contributed by atoms with Crippen LogP contribution < -0.4 is 10.6 Å². The fourth-order valence-electron chi connectivity index (χ4n) is 2.23. The molecule has 0 saturated carbocycles. The van der Waals surface area contributed by atoms with Crippen LogP contribution in [0.3, 0.4) is 0 Å². The third-order valence-corrected chi connectivity index (χ3v) is 4.60. The molecule has 6 nitrogen and oxygen atoms in total. The lowest BCUT2D eigenvalue weighted by molar-refractivity contribution is -0.384. The van der Waals surface area contributed by atoms with Crippen molar-refractivity contribution in [2.75, 3.05) is 5.32 Å². The maximum atomic E-state index is 12.1. The van der Waals surface area contributed by atoms with E-state index in [-0.39, 0.29) is 16.8 Å². The minimum absolute atomic E-state index is 0.115. The summed E-state index contributed by atoms with van der Waals surface area (Å²) >= 11 is 7.63. The Kier molecular flexibility index (Phi) is 5.23. The van der Waals surface area contributed by atoms with Gasteiger partial charge in [0.05, 0.1) is 21.7 Å². The lowest BCUT2D eigenvalue weighted by atomic mass is 10.1. The molecule has 1 atom stereocenters. The van der Waals surface area contributed by atoms with E-state index in [1.54, 1.807) is 11.3 Å². The van der Waals surface area contributed by atoms with E-state index in [1.807, 2.05) is 26.8 Å². The van der Waals surface area contributed by atoms with E-state index in [1.165, 1.54) is 23.1 Å². The summed E-state index contributed by atoms with van der Waals surface area (Å²) < 4.78 is 0. The van der Waals surface area contributed by atoms with Gasteiger partial charge in [0.1, 0.15) is 0 Å². The Morgan fingerprint density at radius 1 is 1.35 bits per heavy atom. The molecule has 8 heteroatoms. The summed E-state index contributed by atoms with van der Waals surface area (Å²) in [6.45, 7) is 5.92. The third kappa shape index (κ3) is 4.20. The van der Waals surface area contributed by atoms with Crippen molar-refractivity contribution < 1.29 is 9.72 Å². The molecule has 2 N–H and O–H groups in total. The number of rotatable bonds is 4. The van der Waals surface area contributed by atoms with E-state index >= 15 is 0 Å². The smallest absolute Gasteiger partial charge is 0.319 e. The van der Waals surface area contributed by atoms with Crippen molar-refractivity contribution in [2.24, 2.45) is 0 Å². The Labute approximate surface area is 142 Å². The highest BCUT2D eigenvalue weighted by Gasteiger charge is 2.15. The Hall–Kier alpha value is -2.12. The summed E-state index contributed by atoms with van der Waals surface area (Å²) in [5, 5.41) is 16.2. The van der Waals surface area contributed by atoms with E-state index in [2.05, 4.69) is 10.6 Å². The quantitative estimate of drug-likeness (QED) is 0.611. The van der Waals surface area contributed by atoms with Gasteiger partial charge in [0.15, 0.2) is 0 Å². The maximum Gasteiger partial charge on any atom is 0.319 e. The van der Waals surface area contributed by atoms with Gasteiger partial charge < -0.3 is 10.6 Å². The highest BCUT2D eigenvalue weighted by atomic mass is 35.5. The molecule has 0 fully saturated rings. The van der Waals surface area contributed by atoms with Gasteiger partial charge in [-0.3, -0.25) is 10.1 Å². The molecule has 0 saturated heterocycles. The number of nitrogens with zero attached hydrogens (tertiary/aromatic N) is 1. The average Bonchev–Trinajstić information content (AvgIpc) is 2.79. The minimum Gasteiger partial charge on any atom is -0.331 e. The zero-order chi connectivity index (χ0) is 17.1. The van der Waals surface area contributed by atoms with Crippen molar-refractivity contribution in [3.63, 3.8) is 0 Å². The van der Waals surface area contributed by atoms with Gasteiger partial charge in [-0.1, -0.05) is 11.6 Å². The van der Waals surface area contributed by atoms with Crippen molar-refractivity contribution in [2.45, 2.75) is 26.8 Å². The number of aryl methyl sites for hydroxylation is 2. The van der Waals surface area contributed by atoms with Crippen LogP contribution in [0, 0.1) is 24.0 Å². The van der Waals surface area contributed by atoms with Crippen molar-refractivity contribution in [1.29, 1.82) is 0 Å². The molecule has 122 valence electrons. The van der Waals surface area contributed by atoms with Crippen LogP contribution in [0.4, 0.5) is 16.2 Å². The summed E-state index contributed by atoms with van der Waals surface area (Å²) in [6, 6.07) is 5.37. The van der Waals surface area contributed by atoms with Gasteiger partial charge in [-0.05, 0) is 38.5 Å². The van der Waals surface area contributed by atoms with Crippen LogP contribution in [-0.4, -0.2) is 11.0 Å². The SMILES string of the molecule is Cc1cc(C(C)NC(=O)Nc2ccc([N+](=O)[O-])cc2Cl)c(C)s1. The number of thiophene rings is 1. The van der Waals surface area contributed by atoms with Crippen LogP contribution in [0.2, 0.25) is 5.02 Å². The summed E-state index contributed by atoms with van der Waals surface area (Å²) in [5.41, 5.74) is 1.26. The Bertz CT molecular complexity index is 760. The third-order valence-electron chi connectivity index (χ3n) is 3.31. The number of halogens is 1. The monoisotopic (exact) mass is 353 g/mol. The average molecular weight is 354 g/mol. The molecule has 2 aromatic rings. The highest BCUT2D eigenvalue weighted by Crippen LogP contribution is 2.28. The van der Waals surface area contributed by atoms with Crippen LogP contribution in [-0.2, 0) is 0 Å². The van der Waals surface area contributed by atoms with Gasteiger partial charge in [0.25, 0.3) is 5.69 Å². The lowest BCUT2D eigenvalue weighted by Gasteiger charge is -2.15. The predicted molar refractivity (Wildman–Crippen MR) is 92.5 cm³/mol. The molecular formula is C15H16ClN3O3S. The normalized spacial score (nSPS) is 11.8. The van der Waals surface area contributed by atoms with E-state index in [0.29, 0.717) is 5.69 Å². The number of nitro benzene ring substituents is 1. The topological polar surface area (TPSA) is 84.3 Å². The molecule has 0 bridgehead atoms. The van der Waals surface area contributed by atoms with Gasteiger partial charge in [-0.25, -0.2) is 4.79 Å². The molecule has 0 aliphatic heterocycles. The van der Waals surface area contributed by atoms with Crippen LogP contribution >= 0.6 is 22.9 Å². The summed E-state index contributed by atoms with van der Waals surface area (Å²) in [6.07, 6.45) is 0. The molecule has 2 amide bonds. The predicted octanol–water partition coefficient (Wildman–Crippen LogP) is 4.81. The number of nitro groups is 1. The second-order valence-corrected chi connectivity index (χ2v) is 6.98. The number of anilines is 1. The van der Waals surface area contributed by atoms with Gasteiger partial charge in [-0.2, -0.15) is 0 Å². The highest BCUT2D eigenvalue weighted by molar-refractivity contribution is 7.12. The number of benzene rings is 1. The van der Waals surface area contributed by atoms with Crippen LogP contribution in [0.15, 0.2) is 24.3 Å². The molecule has 0 aliphatic carbocycles. The fourth-order valence-corrected chi connectivity index (χ4v) is 3.48. The number of carbonyl (C=O) groups is 1. The molecule has 0 spiro atoms. The lowest BCUT2D eigenvalue weighted by Crippen LogP contribution is -2.31. The molecule has 0 aliphatic rings. The molecule has 0 radical (unpaired) electrons. The number of carbonyl (C=O) groups excluding carboxylic acids is 1. The Morgan fingerprint density at radius 2 is 2.04 bits per heavy atom. The summed E-state index contributed by atoms with van der Waals surface area (Å²) in [7, 11) is 0. The number of hydrogen-bond acceptors (Lipinski definition) is 4. The number of amides is 2. The fraction of sp³-hybridized carbons (Fsp3) is 0.267. The van der Waals surface area contributed by atoms with E-state index < -0.39 is 11.0 Å². The molecular weight excluding hydrogens is 338 g/mol. The first-order valence-corrected chi connectivity index (χ1v) is 8.05. The van der Waals surface area contributed by atoms with Crippen LogP contribution in [0.1, 0.15) is 28.3 Å². The van der Waals surface area contributed by atoms with E-state index in [0.717, 1.165) is 10.4 Å².